The van der Waals surface area contributed by atoms with Crippen LogP contribution in [0.2, 0.25) is 0 Å². The Morgan fingerprint density at radius 2 is 1.90 bits per heavy atom. The van der Waals surface area contributed by atoms with Crippen molar-refractivity contribution in [2.45, 2.75) is 83.6 Å². The SMILES string of the molecule is CCC1NC(=O)C(CC)(CC)N(CC2CCC(C)O2)C1=O. The van der Waals surface area contributed by atoms with E-state index < -0.39 is 5.54 Å². The van der Waals surface area contributed by atoms with E-state index in [9.17, 15) is 9.59 Å². The Balaban J connectivity index is 2.24. The quantitative estimate of drug-likeness (QED) is 0.842. The van der Waals surface area contributed by atoms with Gasteiger partial charge >= 0.3 is 0 Å². The van der Waals surface area contributed by atoms with Crippen LogP contribution in [0.5, 0.6) is 0 Å². The Morgan fingerprint density at radius 3 is 2.38 bits per heavy atom. The van der Waals surface area contributed by atoms with Crippen molar-refractivity contribution in [2.75, 3.05) is 6.54 Å². The molecule has 0 aromatic heterocycles. The normalized spacial score (nSPS) is 32.4. The van der Waals surface area contributed by atoms with Gasteiger partial charge in [0.05, 0.1) is 12.2 Å². The van der Waals surface area contributed by atoms with Crippen LogP contribution in [0, 0.1) is 0 Å². The summed E-state index contributed by atoms with van der Waals surface area (Å²) in [6.45, 7) is 8.49. The first-order valence-corrected chi connectivity index (χ1v) is 8.26. The maximum atomic E-state index is 12.8. The minimum Gasteiger partial charge on any atom is -0.373 e. The number of amides is 2. The van der Waals surface area contributed by atoms with Crippen LogP contribution < -0.4 is 5.32 Å². The van der Waals surface area contributed by atoms with Crippen LogP contribution in [0.15, 0.2) is 0 Å². The van der Waals surface area contributed by atoms with Crippen molar-refractivity contribution in [2.24, 2.45) is 0 Å². The topological polar surface area (TPSA) is 58.6 Å². The Bertz CT molecular complexity index is 406. The zero-order valence-corrected chi connectivity index (χ0v) is 13.6. The molecular formula is C16H28N2O3. The number of nitrogens with zero attached hydrogens (tertiary/aromatic N) is 1. The zero-order valence-electron chi connectivity index (χ0n) is 13.6. The molecule has 0 aromatic carbocycles. The smallest absolute Gasteiger partial charge is 0.246 e. The highest BCUT2D eigenvalue weighted by Gasteiger charge is 2.50. The number of carbonyl (C=O) groups excluding carboxylic acids is 2. The van der Waals surface area contributed by atoms with Crippen LogP contribution in [-0.4, -0.2) is 47.0 Å². The molecule has 5 heteroatoms. The Labute approximate surface area is 127 Å². The number of piperazine rings is 1. The monoisotopic (exact) mass is 296 g/mol. The van der Waals surface area contributed by atoms with E-state index in [-0.39, 0.29) is 30.1 Å². The molecule has 120 valence electrons. The molecule has 0 aromatic rings. The molecule has 21 heavy (non-hydrogen) atoms. The van der Waals surface area contributed by atoms with Gasteiger partial charge in [-0.3, -0.25) is 9.59 Å². The van der Waals surface area contributed by atoms with Crippen LogP contribution in [0.4, 0.5) is 0 Å². The summed E-state index contributed by atoms with van der Waals surface area (Å²) in [4.78, 5) is 27.2. The summed E-state index contributed by atoms with van der Waals surface area (Å²) >= 11 is 0. The van der Waals surface area contributed by atoms with Crippen molar-refractivity contribution in [3.63, 3.8) is 0 Å². The number of rotatable bonds is 5. The van der Waals surface area contributed by atoms with Gasteiger partial charge in [-0.15, -0.1) is 0 Å². The van der Waals surface area contributed by atoms with Gasteiger partial charge in [0, 0.05) is 6.54 Å². The Hall–Kier alpha value is -1.10. The molecule has 2 heterocycles. The molecule has 2 amide bonds. The summed E-state index contributed by atoms with van der Waals surface area (Å²) in [6.07, 6.45) is 4.22. The van der Waals surface area contributed by atoms with Crippen molar-refractivity contribution in [3.8, 4) is 0 Å². The summed E-state index contributed by atoms with van der Waals surface area (Å²) in [5.41, 5.74) is -0.710. The van der Waals surface area contributed by atoms with Gasteiger partial charge in [-0.1, -0.05) is 20.8 Å². The molecule has 0 bridgehead atoms. The number of carbonyl (C=O) groups is 2. The lowest BCUT2D eigenvalue weighted by atomic mass is 9.85. The van der Waals surface area contributed by atoms with Crippen LogP contribution in [0.3, 0.4) is 0 Å². The third-order valence-corrected chi connectivity index (χ3v) is 5.09. The van der Waals surface area contributed by atoms with E-state index in [1.807, 2.05) is 25.7 Å². The van der Waals surface area contributed by atoms with Crippen LogP contribution >= 0.6 is 0 Å². The van der Waals surface area contributed by atoms with Crippen molar-refractivity contribution in [3.05, 3.63) is 0 Å². The van der Waals surface area contributed by atoms with E-state index in [0.29, 0.717) is 25.8 Å². The molecule has 3 atom stereocenters. The summed E-state index contributed by atoms with van der Waals surface area (Å²) in [5, 5.41) is 2.90. The second kappa shape index (κ2) is 6.34. The van der Waals surface area contributed by atoms with Gasteiger partial charge in [0.25, 0.3) is 0 Å². The van der Waals surface area contributed by atoms with Crippen LogP contribution in [-0.2, 0) is 14.3 Å². The Morgan fingerprint density at radius 1 is 1.24 bits per heavy atom. The minimum absolute atomic E-state index is 0.00926. The van der Waals surface area contributed by atoms with Gasteiger partial charge in [0.2, 0.25) is 11.8 Å². The first kappa shape index (κ1) is 16.3. The fraction of sp³-hybridized carbons (Fsp3) is 0.875. The lowest BCUT2D eigenvalue weighted by molar-refractivity contribution is -0.160. The van der Waals surface area contributed by atoms with Crippen LogP contribution in [0.25, 0.3) is 0 Å². The molecule has 0 saturated carbocycles. The van der Waals surface area contributed by atoms with E-state index in [2.05, 4.69) is 12.2 Å². The fourth-order valence-electron chi connectivity index (χ4n) is 3.59. The molecule has 2 aliphatic heterocycles. The number of nitrogens with one attached hydrogen (secondary N) is 1. The molecule has 2 aliphatic rings. The van der Waals surface area contributed by atoms with E-state index in [4.69, 9.17) is 4.74 Å². The predicted octanol–water partition coefficient (Wildman–Crippen LogP) is 1.85. The highest BCUT2D eigenvalue weighted by molar-refractivity contribution is 5.99. The molecule has 2 fully saturated rings. The van der Waals surface area contributed by atoms with Gasteiger partial charge in [-0.05, 0) is 39.0 Å². The molecule has 2 rings (SSSR count). The van der Waals surface area contributed by atoms with E-state index in [1.165, 1.54) is 0 Å². The number of hydrogen-bond donors (Lipinski definition) is 1. The highest BCUT2D eigenvalue weighted by Crippen LogP contribution is 2.31. The molecule has 3 unspecified atom stereocenters. The van der Waals surface area contributed by atoms with Gasteiger partial charge < -0.3 is 15.0 Å². The predicted molar refractivity (Wildman–Crippen MR) is 80.8 cm³/mol. The maximum Gasteiger partial charge on any atom is 0.246 e. The lowest BCUT2D eigenvalue weighted by Crippen LogP contribution is -2.71. The number of hydrogen-bond acceptors (Lipinski definition) is 3. The van der Waals surface area contributed by atoms with Crippen molar-refractivity contribution in [1.29, 1.82) is 0 Å². The molecule has 2 saturated heterocycles. The van der Waals surface area contributed by atoms with E-state index in [0.717, 1.165) is 12.8 Å². The van der Waals surface area contributed by atoms with Gasteiger partial charge in [-0.25, -0.2) is 0 Å². The lowest BCUT2D eigenvalue weighted by Gasteiger charge is -2.48. The standard InChI is InChI=1S/C16H28N2O3/c1-5-13-14(19)18(10-12-9-8-11(4)21-12)16(6-2,7-3)15(20)17-13/h11-13H,5-10H2,1-4H3,(H,17,20). The summed E-state index contributed by atoms with van der Waals surface area (Å²) in [6, 6.07) is -0.387. The third-order valence-electron chi connectivity index (χ3n) is 5.09. The molecule has 1 N–H and O–H groups in total. The van der Waals surface area contributed by atoms with Gasteiger partial charge in [0.15, 0.2) is 0 Å². The summed E-state index contributed by atoms with van der Waals surface area (Å²) < 4.78 is 5.87. The second-order valence-electron chi connectivity index (χ2n) is 6.27. The second-order valence-corrected chi connectivity index (χ2v) is 6.27. The molecule has 0 radical (unpaired) electrons. The number of ether oxygens (including phenoxy) is 1. The van der Waals surface area contributed by atoms with E-state index in [1.54, 1.807) is 0 Å². The zero-order chi connectivity index (χ0) is 15.6. The average Bonchev–Trinajstić information content (AvgIpc) is 2.89. The van der Waals surface area contributed by atoms with Crippen molar-refractivity contribution >= 4 is 11.8 Å². The van der Waals surface area contributed by atoms with Crippen molar-refractivity contribution in [1.82, 2.24) is 10.2 Å². The largest absolute Gasteiger partial charge is 0.373 e. The molecule has 0 spiro atoms. The first-order chi connectivity index (χ1) is 9.98. The van der Waals surface area contributed by atoms with Gasteiger partial charge in [0.1, 0.15) is 11.6 Å². The van der Waals surface area contributed by atoms with E-state index >= 15 is 0 Å². The summed E-state index contributed by atoms with van der Waals surface area (Å²) in [5.74, 6) is 0.0361. The minimum atomic E-state index is -0.710. The molecule has 0 aliphatic carbocycles. The Kier molecular flexibility index (Phi) is 4.91. The molecule has 5 nitrogen and oxygen atoms in total. The maximum absolute atomic E-state index is 12.8. The van der Waals surface area contributed by atoms with Crippen LogP contribution in [0.1, 0.15) is 59.8 Å². The highest BCUT2D eigenvalue weighted by atomic mass is 16.5. The van der Waals surface area contributed by atoms with Crippen molar-refractivity contribution < 1.29 is 14.3 Å². The third kappa shape index (κ3) is 2.80. The fourth-order valence-corrected chi connectivity index (χ4v) is 3.59. The first-order valence-electron chi connectivity index (χ1n) is 8.26. The van der Waals surface area contributed by atoms with Gasteiger partial charge in [-0.2, -0.15) is 0 Å². The molecular weight excluding hydrogens is 268 g/mol. The summed E-state index contributed by atoms with van der Waals surface area (Å²) in [7, 11) is 0. The average molecular weight is 296 g/mol.